The molecule has 2 N–H and O–H groups in total. The molecule has 37 heavy (non-hydrogen) atoms. The molecular weight excluding hydrogens is 512 g/mol. The zero-order valence-electron chi connectivity index (χ0n) is 20.5. The molecule has 10 heteroatoms. The molecule has 3 aromatic rings. The van der Waals surface area contributed by atoms with E-state index in [0.29, 0.717) is 40.5 Å². The van der Waals surface area contributed by atoms with Crippen LogP contribution in [-0.4, -0.2) is 50.3 Å². The maximum atomic E-state index is 12.9. The molecule has 2 aromatic heterocycles. The number of aromatic nitrogens is 1. The van der Waals surface area contributed by atoms with Crippen LogP contribution in [0.25, 0.3) is 5.76 Å². The molecule has 5 rings (SSSR count). The Balaban J connectivity index is 1.13. The first-order valence-corrected chi connectivity index (χ1v) is 13.4. The predicted octanol–water partition coefficient (Wildman–Crippen LogP) is 4.77. The Hall–Kier alpha value is -3.27. The fraction of sp³-hybridized carbons (Fsp3) is 0.333. The number of methoxy groups -OCH3 is 1. The number of benzene rings is 1. The van der Waals surface area contributed by atoms with Gasteiger partial charge in [-0.1, -0.05) is 11.6 Å². The molecule has 0 bridgehead atoms. The van der Waals surface area contributed by atoms with Crippen LogP contribution in [0.4, 0.5) is 5.69 Å². The Bertz CT molecular complexity index is 1240. The highest BCUT2D eigenvalue weighted by Crippen LogP contribution is 2.32. The molecule has 2 aliphatic rings. The van der Waals surface area contributed by atoms with Gasteiger partial charge in [0, 0.05) is 43.3 Å². The van der Waals surface area contributed by atoms with Crippen molar-refractivity contribution in [1.29, 1.82) is 0 Å². The lowest BCUT2D eigenvalue weighted by atomic mass is 9.96. The Kier molecular flexibility index (Phi) is 8.13. The van der Waals surface area contributed by atoms with Gasteiger partial charge in [0.2, 0.25) is 0 Å². The lowest BCUT2D eigenvalue weighted by Crippen LogP contribution is -2.38. The van der Waals surface area contributed by atoms with Crippen molar-refractivity contribution in [3.05, 3.63) is 75.7 Å². The SMILES string of the molecule is COc1ccc(C(=O)NCC2CCN(c3ccncc3)CC2)cc1OCC1C=C(c2ccc(Cl)s2)ON1. The molecular formula is C27H29ClN4O4S. The van der Waals surface area contributed by atoms with E-state index >= 15 is 0 Å². The van der Waals surface area contributed by atoms with Crippen LogP contribution in [0.3, 0.4) is 0 Å². The van der Waals surface area contributed by atoms with Gasteiger partial charge in [0.25, 0.3) is 5.91 Å². The van der Waals surface area contributed by atoms with E-state index in [-0.39, 0.29) is 11.9 Å². The van der Waals surface area contributed by atoms with Crippen molar-refractivity contribution in [3.63, 3.8) is 0 Å². The number of nitrogens with zero attached hydrogens (tertiary/aromatic N) is 2. The molecule has 1 fully saturated rings. The molecule has 1 saturated heterocycles. The van der Waals surface area contributed by atoms with Gasteiger partial charge in [-0.15, -0.1) is 16.8 Å². The average molecular weight is 541 g/mol. The Morgan fingerprint density at radius 3 is 2.73 bits per heavy atom. The number of thiophene rings is 1. The quantitative estimate of drug-likeness (QED) is 0.404. The summed E-state index contributed by atoms with van der Waals surface area (Å²) in [7, 11) is 1.58. The molecule has 194 valence electrons. The van der Waals surface area contributed by atoms with Crippen molar-refractivity contribution in [2.24, 2.45) is 5.92 Å². The molecule has 0 radical (unpaired) electrons. The molecule has 2 aliphatic heterocycles. The van der Waals surface area contributed by atoms with Crippen LogP contribution in [0.15, 0.2) is 60.9 Å². The molecule has 0 saturated carbocycles. The number of hydrogen-bond donors (Lipinski definition) is 2. The van der Waals surface area contributed by atoms with Crippen molar-refractivity contribution >= 4 is 40.3 Å². The summed E-state index contributed by atoms with van der Waals surface area (Å²) in [6.45, 7) is 2.90. The lowest BCUT2D eigenvalue weighted by Gasteiger charge is -2.33. The molecule has 8 nitrogen and oxygen atoms in total. The highest BCUT2D eigenvalue weighted by atomic mass is 35.5. The number of rotatable bonds is 9. The van der Waals surface area contributed by atoms with E-state index in [1.54, 1.807) is 25.3 Å². The summed E-state index contributed by atoms with van der Waals surface area (Å²) in [4.78, 5) is 25.9. The molecule has 1 unspecified atom stereocenters. The summed E-state index contributed by atoms with van der Waals surface area (Å²) < 4.78 is 12.2. The number of ether oxygens (including phenoxy) is 2. The highest BCUT2D eigenvalue weighted by Gasteiger charge is 2.22. The largest absolute Gasteiger partial charge is 0.493 e. The zero-order chi connectivity index (χ0) is 25.6. The Morgan fingerprint density at radius 2 is 2.00 bits per heavy atom. The van der Waals surface area contributed by atoms with E-state index in [1.165, 1.54) is 17.0 Å². The number of pyridine rings is 1. The standard InChI is InChI=1S/C27H29ClN4O4S/c1-34-22-3-2-19(14-23(22)35-17-20-15-24(36-31-20)25-4-5-26(28)37-25)27(33)30-16-18-8-12-32(13-9-18)21-6-10-29-11-7-21/h2-7,10-11,14-15,18,20,31H,8-9,12-13,16-17H2,1H3,(H,30,33). The van der Waals surface area contributed by atoms with Crippen LogP contribution in [0.1, 0.15) is 28.1 Å². The number of carbonyl (C=O) groups excluding carboxylic acids is 1. The van der Waals surface area contributed by atoms with Crippen LogP contribution in [-0.2, 0) is 4.84 Å². The number of anilines is 1. The number of carbonyl (C=O) groups is 1. The highest BCUT2D eigenvalue weighted by molar-refractivity contribution is 7.17. The molecule has 0 spiro atoms. The van der Waals surface area contributed by atoms with Gasteiger partial charge < -0.3 is 24.5 Å². The van der Waals surface area contributed by atoms with E-state index in [4.69, 9.17) is 25.9 Å². The maximum absolute atomic E-state index is 12.9. The van der Waals surface area contributed by atoms with E-state index in [0.717, 1.165) is 36.6 Å². The summed E-state index contributed by atoms with van der Waals surface area (Å²) >= 11 is 7.47. The van der Waals surface area contributed by atoms with Crippen molar-refractivity contribution < 1.29 is 19.1 Å². The first-order chi connectivity index (χ1) is 18.1. The number of halogens is 1. The lowest BCUT2D eigenvalue weighted by molar-refractivity contribution is 0.0944. The smallest absolute Gasteiger partial charge is 0.251 e. The fourth-order valence-electron chi connectivity index (χ4n) is 4.45. The summed E-state index contributed by atoms with van der Waals surface area (Å²) in [5.74, 6) is 2.11. The van der Waals surface area contributed by atoms with Gasteiger partial charge in [-0.05, 0) is 67.3 Å². The van der Waals surface area contributed by atoms with Crippen molar-refractivity contribution in [1.82, 2.24) is 15.8 Å². The monoisotopic (exact) mass is 540 g/mol. The van der Waals surface area contributed by atoms with Crippen LogP contribution in [0, 0.1) is 5.92 Å². The minimum Gasteiger partial charge on any atom is -0.493 e. The van der Waals surface area contributed by atoms with Crippen molar-refractivity contribution in [2.75, 3.05) is 38.3 Å². The summed E-state index contributed by atoms with van der Waals surface area (Å²) in [6.07, 6.45) is 7.65. The number of amides is 1. The fourth-order valence-corrected chi connectivity index (χ4v) is 5.46. The zero-order valence-corrected chi connectivity index (χ0v) is 22.1. The Labute approximate surface area is 225 Å². The minimum atomic E-state index is -0.156. The van der Waals surface area contributed by atoms with Crippen LogP contribution in [0.5, 0.6) is 11.5 Å². The van der Waals surface area contributed by atoms with Crippen molar-refractivity contribution in [3.8, 4) is 11.5 Å². The third-order valence-corrected chi connectivity index (χ3v) is 7.77. The van der Waals surface area contributed by atoms with Gasteiger partial charge in [-0.25, -0.2) is 0 Å². The summed E-state index contributed by atoms with van der Waals surface area (Å²) in [5, 5.41) is 3.10. The van der Waals surface area contributed by atoms with Gasteiger partial charge in [0.1, 0.15) is 6.61 Å². The molecule has 1 aromatic carbocycles. The van der Waals surface area contributed by atoms with Crippen LogP contribution < -0.4 is 25.2 Å². The van der Waals surface area contributed by atoms with Crippen molar-refractivity contribution in [2.45, 2.75) is 18.9 Å². The number of hydrogen-bond acceptors (Lipinski definition) is 8. The Morgan fingerprint density at radius 1 is 1.19 bits per heavy atom. The minimum absolute atomic E-state index is 0.122. The van der Waals surface area contributed by atoms with E-state index in [9.17, 15) is 4.79 Å². The van der Waals surface area contributed by atoms with E-state index < -0.39 is 0 Å². The number of hydroxylamine groups is 1. The molecule has 4 heterocycles. The van der Waals surface area contributed by atoms with Crippen LogP contribution >= 0.6 is 22.9 Å². The van der Waals surface area contributed by atoms with E-state index in [1.807, 2.05) is 42.7 Å². The summed E-state index contributed by atoms with van der Waals surface area (Å²) in [5.41, 5.74) is 4.68. The van der Waals surface area contributed by atoms with Gasteiger partial charge in [0.05, 0.1) is 22.4 Å². The third kappa shape index (κ3) is 6.36. The van der Waals surface area contributed by atoms with Gasteiger partial charge in [-0.2, -0.15) is 0 Å². The van der Waals surface area contributed by atoms with Gasteiger partial charge in [0.15, 0.2) is 17.3 Å². The number of nitrogens with one attached hydrogen (secondary N) is 2. The second-order valence-corrected chi connectivity index (χ2v) is 10.7. The second kappa shape index (κ2) is 11.9. The van der Waals surface area contributed by atoms with Gasteiger partial charge >= 0.3 is 0 Å². The first kappa shape index (κ1) is 25.4. The average Bonchev–Trinajstić information content (AvgIpc) is 3.60. The second-order valence-electron chi connectivity index (χ2n) is 8.98. The molecule has 1 amide bonds. The predicted molar refractivity (Wildman–Crippen MR) is 145 cm³/mol. The van der Waals surface area contributed by atoms with E-state index in [2.05, 4.69) is 20.7 Å². The first-order valence-electron chi connectivity index (χ1n) is 12.2. The van der Waals surface area contributed by atoms with Crippen LogP contribution in [0.2, 0.25) is 4.34 Å². The maximum Gasteiger partial charge on any atom is 0.251 e. The molecule has 1 atom stereocenters. The topological polar surface area (TPSA) is 85.0 Å². The summed E-state index contributed by atoms with van der Waals surface area (Å²) in [6, 6.07) is 12.9. The van der Waals surface area contributed by atoms with Gasteiger partial charge in [-0.3, -0.25) is 9.78 Å². The number of piperidine rings is 1. The third-order valence-electron chi connectivity index (χ3n) is 6.53. The normalized spacial score (nSPS) is 17.7. The molecule has 0 aliphatic carbocycles.